The lowest BCUT2D eigenvalue weighted by molar-refractivity contribution is -0.115. The molecule has 0 spiro atoms. The number of anilines is 1. The monoisotopic (exact) mass is 285 g/mol. The highest BCUT2D eigenvalue weighted by Gasteiger charge is 2.07. The number of carbonyl (C=O) groups excluding carboxylic acids is 1. The molecular formula is C11H9F2N3O2S. The largest absolute Gasteiger partial charge is 0.435 e. The van der Waals surface area contributed by atoms with Gasteiger partial charge in [-0.25, -0.2) is 0 Å². The van der Waals surface area contributed by atoms with Crippen LogP contribution in [-0.4, -0.2) is 22.7 Å². The van der Waals surface area contributed by atoms with Crippen molar-refractivity contribution in [3.05, 3.63) is 35.3 Å². The molecule has 1 aromatic carbocycles. The van der Waals surface area contributed by atoms with Crippen LogP contribution in [0.2, 0.25) is 0 Å². The third-order valence-corrected chi connectivity index (χ3v) is 2.73. The summed E-state index contributed by atoms with van der Waals surface area (Å²) in [6, 6.07) is 5.88. The van der Waals surface area contributed by atoms with Crippen molar-refractivity contribution >= 4 is 22.4 Å². The second-order valence-electron chi connectivity index (χ2n) is 3.49. The van der Waals surface area contributed by atoms with Crippen molar-refractivity contribution in [2.75, 3.05) is 5.32 Å². The number of ether oxygens (including phenoxy) is 1. The van der Waals surface area contributed by atoms with E-state index in [0.29, 0.717) is 10.7 Å². The molecule has 0 bridgehead atoms. The molecule has 0 radical (unpaired) electrons. The molecule has 1 heterocycles. The first-order chi connectivity index (χ1) is 9.13. The lowest BCUT2D eigenvalue weighted by Crippen LogP contribution is -2.14. The van der Waals surface area contributed by atoms with Crippen LogP contribution in [0, 0.1) is 0 Å². The van der Waals surface area contributed by atoms with Crippen LogP contribution in [-0.2, 0) is 11.2 Å². The summed E-state index contributed by atoms with van der Waals surface area (Å²) in [5.41, 5.74) is 2.19. The fourth-order valence-electron chi connectivity index (χ4n) is 1.37. The standard InChI is InChI=1S/C11H9F2N3O2S/c12-10(13)18-8-3-1-7(2-4-8)5-9(17)15-11-16-14-6-19-11/h1-4,6,10H,5H2,(H,15,16,17). The molecule has 1 N–H and O–H groups in total. The molecule has 5 nitrogen and oxygen atoms in total. The quantitative estimate of drug-likeness (QED) is 0.915. The third kappa shape index (κ3) is 4.25. The Kier molecular flexibility index (Phi) is 4.35. The van der Waals surface area contributed by atoms with Crippen LogP contribution >= 0.6 is 11.3 Å². The molecule has 0 unspecified atom stereocenters. The average Bonchev–Trinajstić information content (AvgIpc) is 2.83. The number of carbonyl (C=O) groups is 1. The number of hydrogen-bond donors (Lipinski definition) is 1. The van der Waals surface area contributed by atoms with Crippen LogP contribution in [0.15, 0.2) is 29.8 Å². The number of aromatic nitrogens is 2. The van der Waals surface area contributed by atoms with E-state index in [1.54, 1.807) is 12.1 Å². The lowest BCUT2D eigenvalue weighted by Gasteiger charge is -2.05. The molecule has 0 saturated carbocycles. The summed E-state index contributed by atoms with van der Waals surface area (Å²) in [6.45, 7) is -2.86. The van der Waals surface area contributed by atoms with E-state index in [-0.39, 0.29) is 18.1 Å². The van der Waals surface area contributed by atoms with Gasteiger partial charge in [0.25, 0.3) is 0 Å². The maximum absolute atomic E-state index is 11.9. The van der Waals surface area contributed by atoms with E-state index in [2.05, 4.69) is 20.3 Å². The Balaban J connectivity index is 1.90. The molecule has 0 fully saturated rings. The Labute approximate surface area is 111 Å². The SMILES string of the molecule is O=C(Cc1ccc(OC(F)F)cc1)Nc1nncs1. The third-order valence-electron chi connectivity index (χ3n) is 2.12. The first kappa shape index (κ1) is 13.3. The van der Waals surface area contributed by atoms with Gasteiger partial charge in [0.1, 0.15) is 11.3 Å². The number of alkyl halides is 2. The minimum Gasteiger partial charge on any atom is -0.435 e. The summed E-state index contributed by atoms with van der Waals surface area (Å²) in [4.78, 5) is 11.6. The minimum atomic E-state index is -2.86. The molecule has 1 aromatic heterocycles. The van der Waals surface area contributed by atoms with Gasteiger partial charge in [0.2, 0.25) is 11.0 Å². The molecule has 100 valence electrons. The normalized spacial score (nSPS) is 10.5. The zero-order chi connectivity index (χ0) is 13.7. The zero-order valence-corrected chi connectivity index (χ0v) is 10.4. The highest BCUT2D eigenvalue weighted by molar-refractivity contribution is 7.13. The smallest absolute Gasteiger partial charge is 0.387 e. The Morgan fingerprint density at radius 1 is 1.37 bits per heavy atom. The predicted molar refractivity (Wildman–Crippen MR) is 65.3 cm³/mol. The van der Waals surface area contributed by atoms with Crippen molar-refractivity contribution in [1.29, 1.82) is 0 Å². The fraction of sp³-hybridized carbons (Fsp3) is 0.182. The van der Waals surface area contributed by atoms with Gasteiger partial charge in [0.15, 0.2) is 0 Å². The minimum absolute atomic E-state index is 0.0586. The van der Waals surface area contributed by atoms with Crippen molar-refractivity contribution in [1.82, 2.24) is 10.2 Å². The molecule has 2 aromatic rings. The van der Waals surface area contributed by atoms with Gasteiger partial charge >= 0.3 is 6.61 Å². The second kappa shape index (κ2) is 6.19. The Bertz CT molecular complexity index is 531. The van der Waals surface area contributed by atoms with Gasteiger partial charge < -0.3 is 10.1 Å². The average molecular weight is 285 g/mol. The van der Waals surface area contributed by atoms with E-state index in [0.717, 1.165) is 0 Å². The number of nitrogens with one attached hydrogen (secondary N) is 1. The summed E-state index contributed by atoms with van der Waals surface area (Å²) in [7, 11) is 0. The van der Waals surface area contributed by atoms with E-state index in [9.17, 15) is 13.6 Å². The van der Waals surface area contributed by atoms with Crippen LogP contribution in [0.5, 0.6) is 5.75 Å². The van der Waals surface area contributed by atoms with Gasteiger partial charge in [0, 0.05) is 0 Å². The van der Waals surface area contributed by atoms with E-state index >= 15 is 0 Å². The molecule has 0 saturated heterocycles. The molecule has 0 atom stereocenters. The van der Waals surface area contributed by atoms with E-state index < -0.39 is 6.61 Å². The number of halogens is 2. The van der Waals surface area contributed by atoms with Crippen LogP contribution in [0.25, 0.3) is 0 Å². The summed E-state index contributed by atoms with van der Waals surface area (Å²) < 4.78 is 28.1. The van der Waals surface area contributed by atoms with Crippen molar-refractivity contribution in [3.8, 4) is 5.75 Å². The van der Waals surface area contributed by atoms with Crippen molar-refractivity contribution < 1.29 is 18.3 Å². The van der Waals surface area contributed by atoms with Gasteiger partial charge in [-0.05, 0) is 17.7 Å². The highest BCUT2D eigenvalue weighted by Crippen LogP contribution is 2.16. The Morgan fingerprint density at radius 2 is 2.11 bits per heavy atom. The van der Waals surface area contributed by atoms with Crippen molar-refractivity contribution in [3.63, 3.8) is 0 Å². The van der Waals surface area contributed by atoms with Gasteiger partial charge in [-0.2, -0.15) is 8.78 Å². The number of rotatable bonds is 5. The predicted octanol–water partition coefficient (Wildman–Crippen LogP) is 2.32. The first-order valence-electron chi connectivity index (χ1n) is 5.23. The molecule has 1 amide bonds. The van der Waals surface area contributed by atoms with E-state index in [1.165, 1.54) is 29.0 Å². The number of nitrogens with zero attached hydrogens (tertiary/aromatic N) is 2. The summed E-state index contributed by atoms with van der Waals surface area (Å²) in [6.07, 6.45) is 0.120. The second-order valence-corrected chi connectivity index (χ2v) is 4.32. The van der Waals surface area contributed by atoms with Gasteiger partial charge in [-0.1, -0.05) is 23.5 Å². The van der Waals surface area contributed by atoms with Gasteiger partial charge in [-0.3, -0.25) is 4.79 Å². The molecule has 0 aliphatic carbocycles. The molecule has 0 aliphatic rings. The van der Waals surface area contributed by atoms with Gasteiger partial charge in [0.05, 0.1) is 6.42 Å². The highest BCUT2D eigenvalue weighted by atomic mass is 32.1. The fourth-order valence-corrected chi connectivity index (χ4v) is 1.83. The van der Waals surface area contributed by atoms with Crippen LogP contribution in [0.3, 0.4) is 0 Å². The van der Waals surface area contributed by atoms with E-state index in [4.69, 9.17) is 0 Å². The summed E-state index contributed by atoms with van der Waals surface area (Å²) in [5, 5.41) is 10.3. The van der Waals surface area contributed by atoms with Gasteiger partial charge in [-0.15, -0.1) is 10.2 Å². The Hall–Kier alpha value is -2.09. The van der Waals surface area contributed by atoms with E-state index in [1.807, 2.05) is 0 Å². The molecule has 19 heavy (non-hydrogen) atoms. The maximum Gasteiger partial charge on any atom is 0.387 e. The van der Waals surface area contributed by atoms with Crippen LogP contribution in [0.1, 0.15) is 5.56 Å². The number of amides is 1. The molecule has 2 rings (SSSR count). The molecule has 8 heteroatoms. The number of benzene rings is 1. The topological polar surface area (TPSA) is 64.1 Å². The Morgan fingerprint density at radius 3 is 2.68 bits per heavy atom. The molecular weight excluding hydrogens is 276 g/mol. The summed E-state index contributed by atoms with van der Waals surface area (Å²) >= 11 is 1.21. The van der Waals surface area contributed by atoms with Crippen molar-refractivity contribution in [2.24, 2.45) is 0 Å². The van der Waals surface area contributed by atoms with Crippen LogP contribution < -0.4 is 10.1 Å². The maximum atomic E-state index is 11.9. The first-order valence-corrected chi connectivity index (χ1v) is 6.11. The van der Waals surface area contributed by atoms with Crippen molar-refractivity contribution in [2.45, 2.75) is 13.0 Å². The summed E-state index contributed by atoms with van der Waals surface area (Å²) in [5.74, 6) is -0.192. The lowest BCUT2D eigenvalue weighted by atomic mass is 10.1. The number of hydrogen-bond acceptors (Lipinski definition) is 5. The zero-order valence-electron chi connectivity index (χ0n) is 9.55. The van der Waals surface area contributed by atoms with Crippen LogP contribution in [0.4, 0.5) is 13.9 Å². The molecule has 0 aliphatic heterocycles.